The number of nitrogens with two attached hydrogens (primary N) is 1. The lowest BCUT2D eigenvalue weighted by Gasteiger charge is -2.13. The Morgan fingerprint density at radius 3 is 2.00 bits per heavy atom. The Labute approximate surface area is 191 Å². The van der Waals surface area contributed by atoms with Gasteiger partial charge in [-0.05, 0) is 36.4 Å². The molecule has 33 heavy (non-hydrogen) atoms. The number of nitrogens with one attached hydrogen (secondary N) is 1. The number of hydrogen-bond donors (Lipinski definition) is 2. The molecule has 4 aromatic carbocycles. The van der Waals surface area contributed by atoms with E-state index in [2.05, 4.69) is 47.0 Å². The normalized spacial score (nSPS) is 11.3. The van der Waals surface area contributed by atoms with Crippen LogP contribution >= 0.6 is 0 Å². The third-order valence-electron chi connectivity index (χ3n) is 6.21. The summed E-state index contributed by atoms with van der Waals surface area (Å²) in [4.78, 5) is 0. The summed E-state index contributed by atoms with van der Waals surface area (Å²) in [7, 11) is 0. The Morgan fingerprint density at radius 1 is 0.606 bits per heavy atom. The lowest BCUT2D eigenvalue weighted by molar-refractivity contribution is 1.09. The molecule has 0 aliphatic heterocycles. The van der Waals surface area contributed by atoms with Crippen molar-refractivity contribution in [1.29, 1.82) is 5.41 Å². The third-order valence-corrected chi connectivity index (χ3v) is 6.21. The molecule has 4 nitrogen and oxygen atoms in total. The molecule has 0 atom stereocenters. The summed E-state index contributed by atoms with van der Waals surface area (Å²) in [5.41, 5.74) is 12.7. The minimum Gasteiger partial charge on any atom is -0.384 e. The average Bonchev–Trinajstić information content (AvgIpc) is 3.42. The van der Waals surface area contributed by atoms with Crippen LogP contribution in [0.15, 0.2) is 115 Å². The van der Waals surface area contributed by atoms with Crippen LogP contribution in [0.25, 0.3) is 33.2 Å². The lowest BCUT2D eigenvalue weighted by atomic mass is 10.0. The van der Waals surface area contributed by atoms with Crippen LogP contribution in [-0.4, -0.2) is 14.8 Å². The zero-order valence-electron chi connectivity index (χ0n) is 17.9. The molecule has 0 unspecified atom stereocenters. The van der Waals surface area contributed by atoms with Gasteiger partial charge in [-0.3, -0.25) is 5.41 Å². The molecule has 0 aliphatic rings. The Balaban J connectivity index is 1.60. The number of nitrogens with zero attached hydrogens (tertiary/aromatic N) is 2. The van der Waals surface area contributed by atoms with Crippen LogP contribution in [0.5, 0.6) is 0 Å². The van der Waals surface area contributed by atoms with Crippen LogP contribution in [0.3, 0.4) is 0 Å². The smallest absolute Gasteiger partial charge is 0.117 e. The van der Waals surface area contributed by atoms with E-state index in [9.17, 15) is 5.41 Å². The molecule has 0 amide bonds. The Morgan fingerprint density at radius 2 is 1.24 bits per heavy atom. The number of nitrogen functional groups attached to an aromatic ring is 1. The van der Waals surface area contributed by atoms with Crippen LogP contribution in [0.4, 0.5) is 5.82 Å². The van der Waals surface area contributed by atoms with Gasteiger partial charge in [-0.25, -0.2) is 0 Å². The number of para-hydroxylation sites is 4. The molecule has 0 bridgehead atoms. The fraction of sp³-hybridized carbons (Fsp3) is 0. The predicted octanol–water partition coefficient (Wildman–Crippen LogP) is 6.57. The number of aromatic nitrogens is 2. The fourth-order valence-corrected chi connectivity index (χ4v) is 4.68. The highest BCUT2D eigenvalue weighted by molar-refractivity contribution is 6.23. The molecule has 0 spiro atoms. The van der Waals surface area contributed by atoms with Crippen molar-refractivity contribution < 1.29 is 0 Å². The standard InChI is InChI=1S/C29H22N4/c30-27(25-18-19-32(29(25)31)20-10-3-1-4-11-20)24-16-9-15-23-22-14-7-8-17-26(22)33(28(23)24)21-12-5-2-6-13-21/h1-19,30H,31H2. The molecule has 0 aliphatic carbocycles. The van der Waals surface area contributed by atoms with Crippen molar-refractivity contribution in [3.05, 3.63) is 127 Å². The van der Waals surface area contributed by atoms with E-state index in [1.54, 1.807) is 0 Å². The summed E-state index contributed by atoms with van der Waals surface area (Å²) in [6.45, 7) is 0. The van der Waals surface area contributed by atoms with Gasteiger partial charge in [0.15, 0.2) is 0 Å². The molecular formula is C29H22N4. The molecule has 0 fully saturated rings. The predicted molar refractivity (Wildman–Crippen MR) is 137 cm³/mol. The summed E-state index contributed by atoms with van der Waals surface area (Å²) in [5, 5.41) is 11.5. The van der Waals surface area contributed by atoms with Crippen LogP contribution in [0.1, 0.15) is 11.1 Å². The van der Waals surface area contributed by atoms with Crippen molar-refractivity contribution in [2.24, 2.45) is 0 Å². The maximum Gasteiger partial charge on any atom is 0.117 e. The van der Waals surface area contributed by atoms with E-state index in [1.165, 1.54) is 5.39 Å². The molecule has 2 aromatic heterocycles. The highest BCUT2D eigenvalue weighted by atomic mass is 15.0. The highest BCUT2D eigenvalue weighted by Crippen LogP contribution is 2.35. The maximum atomic E-state index is 9.20. The average molecular weight is 427 g/mol. The van der Waals surface area contributed by atoms with Crippen molar-refractivity contribution in [1.82, 2.24) is 9.13 Å². The molecule has 3 N–H and O–H groups in total. The minimum absolute atomic E-state index is 0.410. The van der Waals surface area contributed by atoms with Crippen molar-refractivity contribution >= 4 is 33.3 Å². The number of fused-ring (bicyclic) bond motifs is 3. The van der Waals surface area contributed by atoms with Crippen LogP contribution in [0.2, 0.25) is 0 Å². The van der Waals surface area contributed by atoms with Crippen LogP contribution in [0, 0.1) is 5.41 Å². The summed E-state index contributed by atoms with van der Waals surface area (Å²) in [6, 6.07) is 36.8. The first-order valence-electron chi connectivity index (χ1n) is 10.9. The molecule has 6 rings (SSSR count). The van der Waals surface area contributed by atoms with Crippen LogP contribution < -0.4 is 5.73 Å². The molecular weight excluding hydrogens is 404 g/mol. The fourth-order valence-electron chi connectivity index (χ4n) is 4.68. The lowest BCUT2D eigenvalue weighted by Crippen LogP contribution is -2.08. The van der Waals surface area contributed by atoms with E-state index in [4.69, 9.17) is 5.73 Å². The van der Waals surface area contributed by atoms with Gasteiger partial charge in [0, 0.05) is 39.5 Å². The number of anilines is 1. The zero-order valence-corrected chi connectivity index (χ0v) is 17.9. The molecule has 158 valence electrons. The van der Waals surface area contributed by atoms with Gasteiger partial charge in [-0.15, -0.1) is 0 Å². The van der Waals surface area contributed by atoms with Gasteiger partial charge in [0.1, 0.15) is 5.82 Å². The Bertz CT molecular complexity index is 1620. The quantitative estimate of drug-likeness (QED) is 0.308. The van der Waals surface area contributed by atoms with Crippen molar-refractivity contribution in [3.63, 3.8) is 0 Å². The second-order valence-electron chi connectivity index (χ2n) is 8.09. The number of rotatable bonds is 4. The highest BCUT2D eigenvalue weighted by Gasteiger charge is 2.20. The van der Waals surface area contributed by atoms with Gasteiger partial charge in [0.2, 0.25) is 0 Å². The number of hydrogen-bond acceptors (Lipinski definition) is 2. The summed E-state index contributed by atoms with van der Waals surface area (Å²) in [6.07, 6.45) is 1.93. The number of benzene rings is 4. The van der Waals surface area contributed by atoms with Gasteiger partial charge < -0.3 is 14.9 Å². The van der Waals surface area contributed by atoms with E-state index in [0.29, 0.717) is 11.5 Å². The first-order valence-corrected chi connectivity index (χ1v) is 10.9. The van der Waals surface area contributed by atoms with Gasteiger partial charge in [-0.2, -0.15) is 0 Å². The molecule has 0 radical (unpaired) electrons. The monoisotopic (exact) mass is 426 g/mol. The van der Waals surface area contributed by atoms with E-state index < -0.39 is 0 Å². The van der Waals surface area contributed by atoms with Crippen molar-refractivity contribution in [2.45, 2.75) is 0 Å². The maximum absolute atomic E-state index is 9.20. The van der Waals surface area contributed by atoms with E-state index in [1.807, 2.05) is 77.5 Å². The molecule has 0 saturated carbocycles. The first-order chi connectivity index (χ1) is 16.2. The minimum atomic E-state index is 0.410. The van der Waals surface area contributed by atoms with E-state index in [-0.39, 0.29) is 0 Å². The first kappa shape index (κ1) is 19.1. The zero-order chi connectivity index (χ0) is 22.4. The largest absolute Gasteiger partial charge is 0.384 e. The molecule has 0 saturated heterocycles. The van der Waals surface area contributed by atoms with Gasteiger partial charge in [0.25, 0.3) is 0 Å². The van der Waals surface area contributed by atoms with Gasteiger partial charge >= 0.3 is 0 Å². The summed E-state index contributed by atoms with van der Waals surface area (Å²) < 4.78 is 4.18. The SMILES string of the molecule is N=C(c1ccn(-c2ccccc2)c1N)c1cccc2c3ccccc3n(-c3ccccc3)c12. The van der Waals surface area contributed by atoms with Gasteiger partial charge in [0.05, 0.1) is 16.7 Å². The topological polar surface area (TPSA) is 59.7 Å². The Hall–Kier alpha value is -4.57. The molecule has 2 heterocycles. The van der Waals surface area contributed by atoms with Crippen LogP contribution in [-0.2, 0) is 0 Å². The second-order valence-corrected chi connectivity index (χ2v) is 8.09. The van der Waals surface area contributed by atoms with E-state index >= 15 is 0 Å². The van der Waals surface area contributed by atoms with E-state index in [0.717, 1.165) is 38.9 Å². The molecule has 4 heteroatoms. The van der Waals surface area contributed by atoms with Crippen molar-refractivity contribution in [2.75, 3.05) is 5.73 Å². The second kappa shape index (κ2) is 7.53. The summed E-state index contributed by atoms with van der Waals surface area (Å²) >= 11 is 0. The van der Waals surface area contributed by atoms with Crippen molar-refractivity contribution in [3.8, 4) is 11.4 Å². The van der Waals surface area contributed by atoms with Gasteiger partial charge in [-0.1, -0.05) is 72.8 Å². The summed E-state index contributed by atoms with van der Waals surface area (Å²) in [5.74, 6) is 0.561. The Kier molecular flexibility index (Phi) is 4.37. The third kappa shape index (κ3) is 2.96. The molecule has 6 aromatic rings.